The maximum atomic E-state index is 12.8. The Morgan fingerprint density at radius 1 is 1.12 bits per heavy atom. The summed E-state index contributed by atoms with van der Waals surface area (Å²) in [6, 6.07) is 5.10. The maximum absolute atomic E-state index is 12.8. The van der Waals surface area contributed by atoms with Crippen LogP contribution in [0.2, 0.25) is 0 Å². The molecule has 1 saturated heterocycles. The summed E-state index contributed by atoms with van der Waals surface area (Å²) in [6.07, 6.45) is 3.80. The first-order valence-corrected chi connectivity index (χ1v) is 12.1. The van der Waals surface area contributed by atoms with Gasteiger partial charge in [-0.05, 0) is 49.4 Å². The first-order chi connectivity index (χ1) is 16.5. The van der Waals surface area contributed by atoms with E-state index in [2.05, 4.69) is 10.6 Å². The monoisotopic (exact) mass is 487 g/mol. The SMILES string of the molecule is COC(=O)c1c(NC(=O)CNc2cc(C(=O)N3CCOCC3)ccc2OC)sc2c1CCCC2. The number of benzene rings is 1. The second-order valence-corrected chi connectivity index (χ2v) is 9.23. The van der Waals surface area contributed by atoms with Crippen LogP contribution in [0.3, 0.4) is 0 Å². The smallest absolute Gasteiger partial charge is 0.341 e. The van der Waals surface area contributed by atoms with Crippen molar-refractivity contribution in [1.29, 1.82) is 0 Å². The van der Waals surface area contributed by atoms with E-state index in [1.807, 2.05) is 0 Å². The number of hydrogen-bond donors (Lipinski definition) is 2. The molecule has 2 aliphatic rings. The number of fused-ring (bicyclic) bond motifs is 1. The number of nitrogens with zero attached hydrogens (tertiary/aromatic N) is 1. The lowest BCUT2D eigenvalue weighted by Crippen LogP contribution is -2.40. The Balaban J connectivity index is 1.46. The van der Waals surface area contributed by atoms with Crippen LogP contribution in [0.4, 0.5) is 10.7 Å². The van der Waals surface area contributed by atoms with Crippen LogP contribution in [-0.2, 0) is 27.1 Å². The van der Waals surface area contributed by atoms with Crippen molar-refractivity contribution in [3.63, 3.8) is 0 Å². The van der Waals surface area contributed by atoms with Gasteiger partial charge in [0, 0.05) is 23.5 Å². The molecule has 2 heterocycles. The van der Waals surface area contributed by atoms with Crippen LogP contribution < -0.4 is 15.4 Å². The van der Waals surface area contributed by atoms with E-state index in [0.29, 0.717) is 53.9 Å². The summed E-state index contributed by atoms with van der Waals surface area (Å²) in [6.45, 7) is 2.07. The Labute approximate surface area is 202 Å². The van der Waals surface area contributed by atoms with E-state index in [0.717, 1.165) is 36.1 Å². The van der Waals surface area contributed by atoms with Gasteiger partial charge in [-0.3, -0.25) is 9.59 Å². The molecule has 1 aliphatic carbocycles. The van der Waals surface area contributed by atoms with Crippen molar-refractivity contribution in [3.8, 4) is 5.75 Å². The predicted octanol–water partition coefficient (Wildman–Crippen LogP) is 2.95. The van der Waals surface area contributed by atoms with Gasteiger partial charge in [0.1, 0.15) is 10.8 Å². The third-order valence-corrected chi connectivity index (χ3v) is 7.21. The van der Waals surface area contributed by atoms with Crippen LogP contribution in [0.25, 0.3) is 0 Å². The maximum Gasteiger partial charge on any atom is 0.341 e. The van der Waals surface area contributed by atoms with Gasteiger partial charge in [-0.2, -0.15) is 0 Å². The van der Waals surface area contributed by atoms with Gasteiger partial charge < -0.3 is 29.7 Å². The molecule has 0 atom stereocenters. The number of aryl methyl sites for hydroxylation is 1. The number of nitrogens with one attached hydrogen (secondary N) is 2. The molecule has 2 aromatic rings. The number of carbonyl (C=O) groups is 3. The second-order valence-electron chi connectivity index (χ2n) is 8.13. The summed E-state index contributed by atoms with van der Waals surface area (Å²) < 4.78 is 15.7. The number of amides is 2. The van der Waals surface area contributed by atoms with Gasteiger partial charge in [0.25, 0.3) is 5.91 Å². The first-order valence-electron chi connectivity index (χ1n) is 11.3. The summed E-state index contributed by atoms with van der Waals surface area (Å²) in [4.78, 5) is 40.9. The van der Waals surface area contributed by atoms with Crippen LogP contribution in [-0.4, -0.2) is 69.8 Å². The number of methoxy groups -OCH3 is 2. The van der Waals surface area contributed by atoms with Gasteiger partial charge in [0.2, 0.25) is 5.91 Å². The van der Waals surface area contributed by atoms with Gasteiger partial charge in [-0.15, -0.1) is 11.3 Å². The number of anilines is 2. The normalized spacial score (nSPS) is 15.3. The van der Waals surface area contributed by atoms with Crippen LogP contribution >= 0.6 is 11.3 Å². The fourth-order valence-corrected chi connectivity index (χ4v) is 5.54. The molecule has 2 N–H and O–H groups in total. The Hall–Kier alpha value is -3.11. The molecule has 1 fully saturated rings. The standard InChI is InChI=1S/C24H29N3O6S/c1-31-18-8-7-15(23(29)27-9-11-33-12-10-27)13-17(18)25-14-20(28)26-22-21(24(30)32-2)16-5-3-4-6-19(16)34-22/h7-8,13,25H,3-6,9-12,14H2,1-2H3,(H,26,28). The number of ether oxygens (including phenoxy) is 3. The lowest BCUT2D eigenvalue weighted by molar-refractivity contribution is -0.114. The van der Waals surface area contributed by atoms with Crippen molar-refractivity contribution < 1.29 is 28.6 Å². The van der Waals surface area contributed by atoms with E-state index >= 15 is 0 Å². The van der Waals surface area contributed by atoms with E-state index in [1.165, 1.54) is 25.6 Å². The van der Waals surface area contributed by atoms with Crippen molar-refractivity contribution in [2.75, 3.05) is 57.7 Å². The summed E-state index contributed by atoms with van der Waals surface area (Å²) in [5.74, 6) is -0.312. The Kier molecular flexibility index (Phi) is 7.69. The van der Waals surface area contributed by atoms with Crippen LogP contribution in [0.15, 0.2) is 18.2 Å². The summed E-state index contributed by atoms with van der Waals surface area (Å²) in [7, 11) is 2.88. The lowest BCUT2D eigenvalue weighted by Gasteiger charge is -2.27. The zero-order valence-electron chi connectivity index (χ0n) is 19.4. The number of thiophene rings is 1. The zero-order valence-corrected chi connectivity index (χ0v) is 20.2. The summed E-state index contributed by atoms with van der Waals surface area (Å²) in [5, 5.41) is 6.45. The Morgan fingerprint density at radius 2 is 1.88 bits per heavy atom. The number of hydrogen-bond acceptors (Lipinski definition) is 8. The van der Waals surface area contributed by atoms with Gasteiger partial charge in [-0.25, -0.2) is 4.79 Å². The summed E-state index contributed by atoms with van der Waals surface area (Å²) in [5.41, 5.74) is 2.49. The number of esters is 1. The second kappa shape index (κ2) is 10.9. The van der Waals surface area contributed by atoms with Gasteiger partial charge in [0.15, 0.2) is 0 Å². The molecule has 2 amide bonds. The average Bonchev–Trinajstić information content (AvgIpc) is 3.24. The highest BCUT2D eigenvalue weighted by atomic mass is 32.1. The zero-order chi connectivity index (χ0) is 24.1. The Morgan fingerprint density at radius 3 is 2.62 bits per heavy atom. The molecule has 0 unspecified atom stereocenters. The van der Waals surface area contributed by atoms with Gasteiger partial charge >= 0.3 is 5.97 Å². The fourth-order valence-electron chi connectivity index (χ4n) is 4.25. The van der Waals surface area contributed by atoms with Crippen molar-refractivity contribution in [1.82, 2.24) is 4.90 Å². The minimum absolute atomic E-state index is 0.0608. The third kappa shape index (κ3) is 5.18. The van der Waals surface area contributed by atoms with Crippen molar-refractivity contribution >= 4 is 39.8 Å². The molecule has 0 saturated carbocycles. The molecule has 0 spiro atoms. The van der Waals surface area contributed by atoms with Crippen molar-refractivity contribution in [2.45, 2.75) is 25.7 Å². The molecule has 1 aromatic carbocycles. The molecule has 34 heavy (non-hydrogen) atoms. The minimum Gasteiger partial charge on any atom is -0.495 e. The molecule has 4 rings (SSSR count). The quantitative estimate of drug-likeness (QED) is 0.579. The first kappa shape index (κ1) is 24.0. The van der Waals surface area contributed by atoms with Crippen LogP contribution in [0.1, 0.15) is 44.0 Å². The lowest BCUT2D eigenvalue weighted by atomic mass is 9.95. The highest BCUT2D eigenvalue weighted by Gasteiger charge is 2.27. The largest absolute Gasteiger partial charge is 0.495 e. The average molecular weight is 488 g/mol. The molecule has 10 heteroatoms. The number of carbonyl (C=O) groups excluding carboxylic acids is 3. The molecule has 0 bridgehead atoms. The number of morpholine rings is 1. The van der Waals surface area contributed by atoms with E-state index in [4.69, 9.17) is 14.2 Å². The third-order valence-electron chi connectivity index (χ3n) is 6.00. The predicted molar refractivity (Wildman–Crippen MR) is 129 cm³/mol. The van der Waals surface area contributed by atoms with Gasteiger partial charge in [0.05, 0.1) is 45.2 Å². The van der Waals surface area contributed by atoms with Crippen LogP contribution in [0, 0.1) is 0 Å². The minimum atomic E-state index is -0.432. The summed E-state index contributed by atoms with van der Waals surface area (Å²) >= 11 is 1.44. The van der Waals surface area contributed by atoms with Crippen LogP contribution in [0.5, 0.6) is 5.75 Å². The van der Waals surface area contributed by atoms with Crippen molar-refractivity contribution in [2.24, 2.45) is 0 Å². The molecule has 0 radical (unpaired) electrons. The molecule has 1 aromatic heterocycles. The highest BCUT2D eigenvalue weighted by molar-refractivity contribution is 7.17. The fraction of sp³-hybridized carbons (Fsp3) is 0.458. The molecule has 1 aliphatic heterocycles. The van der Waals surface area contributed by atoms with E-state index in [-0.39, 0.29) is 18.4 Å². The molecular formula is C24H29N3O6S. The Bertz CT molecular complexity index is 1080. The molecular weight excluding hydrogens is 458 g/mol. The highest BCUT2D eigenvalue weighted by Crippen LogP contribution is 2.38. The van der Waals surface area contributed by atoms with E-state index in [9.17, 15) is 14.4 Å². The molecule has 9 nitrogen and oxygen atoms in total. The molecule has 182 valence electrons. The van der Waals surface area contributed by atoms with E-state index < -0.39 is 5.97 Å². The van der Waals surface area contributed by atoms with Crippen molar-refractivity contribution in [3.05, 3.63) is 39.8 Å². The number of rotatable bonds is 7. The van der Waals surface area contributed by atoms with E-state index in [1.54, 1.807) is 23.1 Å². The van der Waals surface area contributed by atoms with Gasteiger partial charge in [-0.1, -0.05) is 0 Å². The topological polar surface area (TPSA) is 106 Å².